The molecule has 3 rings (SSSR count). The molecular formula is C15H16N2O. The monoisotopic (exact) mass is 240 g/mol. The van der Waals surface area contributed by atoms with E-state index in [1.807, 2.05) is 47.4 Å². The third-order valence-corrected chi connectivity index (χ3v) is 3.57. The van der Waals surface area contributed by atoms with Crippen LogP contribution in [0.5, 0.6) is 0 Å². The highest BCUT2D eigenvalue weighted by Gasteiger charge is 2.24. The fourth-order valence-corrected chi connectivity index (χ4v) is 2.58. The van der Waals surface area contributed by atoms with Crippen molar-refractivity contribution >= 4 is 5.78 Å². The lowest BCUT2D eigenvalue weighted by Crippen LogP contribution is -2.08. The van der Waals surface area contributed by atoms with Gasteiger partial charge in [-0.25, -0.2) is 4.68 Å². The van der Waals surface area contributed by atoms with E-state index in [-0.39, 0.29) is 5.92 Å². The molecule has 1 heterocycles. The quantitative estimate of drug-likeness (QED) is 0.826. The number of ketones is 1. The first-order valence-corrected chi connectivity index (χ1v) is 6.44. The summed E-state index contributed by atoms with van der Waals surface area (Å²) in [6, 6.07) is 10.0. The Morgan fingerprint density at radius 2 is 2.11 bits per heavy atom. The zero-order chi connectivity index (χ0) is 12.4. The van der Waals surface area contributed by atoms with Crippen LogP contribution in [-0.2, 0) is 11.2 Å². The number of hydrogen-bond acceptors (Lipinski definition) is 2. The van der Waals surface area contributed by atoms with Crippen molar-refractivity contribution in [2.24, 2.45) is 5.92 Å². The molecule has 1 aromatic heterocycles. The Kier molecular flexibility index (Phi) is 2.97. The molecular weight excluding hydrogens is 224 g/mol. The summed E-state index contributed by atoms with van der Waals surface area (Å²) in [6.07, 6.45) is 7.59. The molecule has 2 aromatic rings. The molecule has 1 unspecified atom stereocenters. The first-order chi connectivity index (χ1) is 8.83. The molecule has 0 radical (unpaired) electrons. The summed E-state index contributed by atoms with van der Waals surface area (Å²) in [6.45, 7) is 0. The Hall–Kier alpha value is -1.90. The predicted octanol–water partition coefficient (Wildman–Crippen LogP) is 2.78. The van der Waals surface area contributed by atoms with Crippen LogP contribution in [0.15, 0.2) is 42.7 Å². The van der Waals surface area contributed by atoms with Crippen LogP contribution in [0.3, 0.4) is 0 Å². The lowest BCUT2D eigenvalue weighted by Gasteiger charge is -2.04. The molecule has 0 N–H and O–H groups in total. The minimum atomic E-state index is 0.221. The molecule has 1 aliphatic carbocycles. The largest absolute Gasteiger partial charge is 0.299 e. The smallest absolute Gasteiger partial charge is 0.136 e. The molecule has 1 atom stereocenters. The first kappa shape index (κ1) is 11.2. The Labute approximate surface area is 106 Å². The lowest BCUT2D eigenvalue weighted by molar-refractivity contribution is -0.120. The van der Waals surface area contributed by atoms with E-state index >= 15 is 0 Å². The number of para-hydroxylation sites is 1. The number of nitrogens with zero attached hydrogens (tertiary/aromatic N) is 2. The lowest BCUT2D eigenvalue weighted by atomic mass is 9.99. The topological polar surface area (TPSA) is 34.9 Å². The molecule has 3 heteroatoms. The van der Waals surface area contributed by atoms with Crippen LogP contribution in [0.1, 0.15) is 24.8 Å². The Morgan fingerprint density at radius 1 is 1.28 bits per heavy atom. The molecule has 0 bridgehead atoms. The van der Waals surface area contributed by atoms with Crippen molar-refractivity contribution < 1.29 is 4.79 Å². The standard InChI is InChI=1S/C15H16N2O/c18-15-8-4-5-13(15)9-12-10-16-17(11-12)14-6-2-1-3-7-14/h1-3,6-7,10-11,13H,4-5,8-9H2. The highest BCUT2D eigenvalue weighted by molar-refractivity contribution is 5.83. The maximum atomic E-state index is 11.6. The van der Waals surface area contributed by atoms with E-state index in [4.69, 9.17) is 0 Å². The molecule has 1 saturated carbocycles. The second-order valence-corrected chi connectivity index (χ2v) is 4.89. The highest BCUT2D eigenvalue weighted by Crippen LogP contribution is 2.25. The summed E-state index contributed by atoms with van der Waals surface area (Å²) < 4.78 is 1.87. The minimum Gasteiger partial charge on any atom is -0.299 e. The summed E-state index contributed by atoms with van der Waals surface area (Å²) in [4.78, 5) is 11.6. The summed E-state index contributed by atoms with van der Waals surface area (Å²) in [7, 11) is 0. The molecule has 18 heavy (non-hydrogen) atoms. The Balaban J connectivity index is 1.76. The van der Waals surface area contributed by atoms with E-state index in [1.165, 1.54) is 0 Å². The van der Waals surface area contributed by atoms with Gasteiger partial charge >= 0.3 is 0 Å². The van der Waals surface area contributed by atoms with Crippen molar-refractivity contribution in [1.29, 1.82) is 0 Å². The third-order valence-electron chi connectivity index (χ3n) is 3.57. The Bertz CT molecular complexity index is 545. The predicted molar refractivity (Wildman–Crippen MR) is 69.6 cm³/mol. The van der Waals surface area contributed by atoms with E-state index in [0.717, 1.165) is 36.9 Å². The van der Waals surface area contributed by atoms with Gasteiger partial charge in [-0.15, -0.1) is 0 Å². The molecule has 3 nitrogen and oxygen atoms in total. The van der Waals surface area contributed by atoms with Gasteiger partial charge in [0.15, 0.2) is 0 Å². The van der Waals surface area contributed by atoms with Crippen LogP contribution < -0.4 is 0 Å². The van der Waals surface area contributed by atoms with Crippen molar-refractivity contribution in [3.8, 4) is 5.69 Å². The van der Waals surface area contributed by atoms with Gasteiger partial charge in [0.1, 0.15) is 5.78 Å². The van der Waals surface area contributed by atoms with Crippen LogP contribution in [0.2, 0.25) is 0 Å². The van der Waals surface area contributed by atoms with Crippen molar-refractivity contribution in [3.05, 3.63) is 48.3 Å². The molecule has 1 fully saturated rings. The van der Waals surface area contributed by atoms with Gasteiger partial charge in [-0.3, -0.25) is 4.79 Å². The SMILES string of the molecule is O=C1CCCC1Cc1cnn(-c2ccccc2)c1. The van der Waals surface area contributed by atoms with E-state index in [9.17, 15) is 4.79 Å². The van der Waals surface area contributed by atoms with E-state index in [0.29, 0.717) is 5.78 Å². The van der Waals surface area contributed by atoms with E-state index in [2.05, 4.69) is 5.10 Å². The fraction of sp³-hybridized carbons (Fsp3) is 0.333. The number of aromatic nitrogens is 2. The van der Waals surface area contributed by atoms with E-state index < -0.39 is 0 Å². The number of hydrogen-bond donors (Lipinski definition) is 0. The highest BCUT2D eigenvalue weighted by atomic mass is 16.1. The van der Waals surface area contributed by atoms with Crippen LogP contribution in [0, 0.1) is 5.92 Å². The summed E-state index contributed by atoms with van der Waals surface area (Å²) >= 11 is 0. The van der Waals surface area contributed by atoms with Gasteiger partial charge in [-0.05, 0) is 37.0 Å². The van der Waals surface area contributed by atoms with Gasteiger partial charge in [-0.1, -0.05) is 18.2 Å². The molecule has 0 saturated heterocycles. The number of Topliss-reactive ketones (excluding diaryl/α,β-unsaturated/α-hetero) is 1. The first-order valence-electron chi connectivity index (χ1n) is 6.44. The van der Waals surface area contributed by atoms with Crippen LogP contribution >= 0.6 is 0 Å². The second-order valence-electron chi connectivity index (χ2n) is 4.89. The molecule has 0 aliphatic heterocycles. The van der Waals surface area contributed by atoms with Crippen LogP contribution in [0.4, 0.5) is 0 Å². The normalized spacial score (nSPS) is 19.3. The maximum absolute atomic E-state index is 11.6. The average Bonchev–Trinajstić information content (AvgIpc) is 3.02. The van der Waals surface area contributed by atoms with Gasteiger partial charge < -0.3 is 0 Å². The third kappa shape index (κ3) is 2.21. The summed E-state index contributed by atoms with van der Waals surface area (Å²) in [5.74, 6) is 0.640. The fourth-order valence-electron chi connectivity index (χ4n) is 2.58. The van der Waals surface area contributed by atoms with Crippen molar-refractivity contribution in [3.63, 3.8) is 0 Å². The Morgan fingerprint density at radius 3 is 2.83 bits per heavy atom. The van der Waals surface area contributed by atoms with Gasteiger partial charge in [0.05, 0.1) is 11.9 Å². The van der Waals surface area contributed by atoms with Gasteiger partial charge in [-0.2, -0.15) is 5.10 Å². The van der Waals surface area contributed by atoms with E-state index in [1.54, 1.807) is 0 Å². The number of carbonyl (C=O) groups excluding carboxylic acids is 1. The molecule has 0 spiro atoms. The molecule has 1 aliphatic rings. The number of carbonyl (C=O) groups is 1. The van der Waals surface area contributed by atoms with Crippen molar-refractivity contribution in [1.82, 2.24) is 9.78 Å². The van der Waals surface area contributed by atoms with Crippen LogP contribution in [-0.4, -0.2) is 15.6 Å². The van der Waals surface area contributed by atoms with Gasteiger partial charge in [0.2, 0.25) is 0 Å². The maximum Gasteiger partial charge on any atom is 0.136 e. The number of rotatable bonds is 3. The molecule has 1 aromatic carbocycles. The minimum absolute atomic E-state index is 0.221. The average molecular weight is 240 g/mol. The molecule has 92 valence electrons. The summed E-state index contributed by atoms with van der Waals surface area (Å²) in [5.41, 5.74) is 2.21. The van der Waals surface area contributed by atoms with Crippen molar-refractivity contribution in [2.45, 2.75) is 25.7 Å². The van der Waals surface area contributed by atoms with Gasteiger partial charge in [0.25, 0.3) is 0 Å². The zero-order valence-electron chi connectivity index (χ0n) is 10.2. The number of benzene rings is 1. The zero-order valence-corrected chi connectivity index (χ0v) is 10.2. The van der Waals surface area contributed by atoms with Crippen LogP contribution in [0.25, 0.3) is 5.69 Å². The van der Waals surface area contributed by atoms with Crippen molar-refractivity contribution in [2.75, 3.05) is 0 Å². The second kappa shape index (κ2) is 4.77. The summed E-state index contributed by atoms with van der Waals surface area (Å²) in [5, 5.41) is 4.36. The molecule has 0 amide bonds. The van der Waals surface area contributed by atoms with Gasteiger partial charge in [0, 0.05) is 18.5 Å².